The first-order valence-corrected chi connectivity index (χ1v) is 9.54. The molecule has 2 amide bonds. The van der Waals surface area contributed by atoms with E-state index in [4.69, 9.17) is 4.74 Å². The van der Waals surface area contributed by atoms with Crippen LogP contribution < -0.4 is 10.1 Å². The number of para-hydroxylation sites is 1. The van der Waals surface area contributed by atoms with Gasteiger partial charge in [-0.25, -0.2) is 4.39 Å². The number of hydrogen-bond donors (Lipinski definition) is 1. The second kappa shape index (κ2) is 9.35. The molecule has 1 N–H and O–H groups in total. The molecule has 0 spiro atoms. The Hall–Kier alpha value is -2.89. The van der Waals surface area contributed by atoms with E-state index in [-0.39, 0.29) is 36.2 Å². The van der Waals surface area contributed by atoms with Gasteiger partial charge >= 0.3 is 0 Å². The minimum Gasteiger partial charge on any atom is -0.484 e. The van der Waals surface area contributed by atoms with Crippen LogP contribution in [0.3, 0.4) is 0 Å². The van der Waals surface area contributed by atoms with Crippen molar-refractivity contribution in [1.82, 2.24) is 10.2 Å². The van der Waals surface area contributed by atoms with Gasteiger partial charge < -0.3 is 15.0 Å². The van der Waals surface area contributed by atoms with E-state index in [2.05, 4.69) is 5.32 Å². The SMILES string of the molecule is C[C@H](NC(=O)C1CCN(C(=O)COc2ccccc2)CC1)c1ccc(F)cc1. The average Bonchev–Trinajstić information content (AvgIpc) is 2.73. The molecule has 1 fully saturated rings. The molecule has 2 aromatic rings. The summed E-state index contributed by atoms with van der Waals surface area (Å²) in [6, 6.07) is 15.2. The molecule has 1 saturated heterocycles. The molecule has 0 bridgehead atoms. The topological polar surface area (TPSA) is 58.6 Å². The number of halogens is 1. The third-order valence-corrected chi connectivity index (χ3v) is 5.05. The molecule has 5 nitrogen and oxygen atoms in total. The van der Waals surface area contributed by atoms with Gasteiger partial charge in [-0.05, 0) is 49.6 Å². The molecule has 6 heteroatoms. The second-order valence-electron chi connectivity index (χ2n) is 7.04. The first kappa shape index (κ1) is 19.9. The van der Waals surface area contributed by atoms with E-state index in [1.54, 1.807) is 17.0 Å². The largest absolute Gasteiger partial charge is 0.484 e. The highest BCUT2D eigenvalue weighted by molar-refractivity contribution is 5.81. The minimum atomic E-state index is -0.296. The Bertz CT molecular complexity index is 787. The van der Waals surface area contributed by atoms with Crippen molar-refractivity contribution in [2.24, 2.45) is 5.92 Å². The molecule has 0 aromatic heterocycles. The molecule has 0 unspecified atom stereocenters. The van der Waals surface area contributed by atoms with E-state index in [0.717, 1.165) is 5.56 Å². The van der Waals surface area contributed by atoms with Crippen molar-refractivity contribution < 1.29 is 18.7 Å². The van der Waals surface area contributed by atoms with Gasteiger partial charge in [0.25, 0.3) is 5.91 Å². The van der Waals surface area contributed by atoms with Gasteiger partial charge in [-0.2, -0.15) is 0 Å². The summed E-state index contributed by atoms with van der Waals surface area (Å²) in [5, 5.41) is 2.99. The number of rotatable bonds is 6. The van der Waals surface area contributed by atoms with E-state index >= 15 is 0 Å². The van der Waals surface area contributed by atoms with Crippen LogP contribution in [-0.4, -0.2) is 36.4 Å². The lowest BCUT2D eigenvalue weighted by Gasteiger charge is -2.32. The van der Waals surface area contributed by atoms with E-state index < -0.39 is 0 Å². The summed E-state index contributed by atoms with van der Waals surface area (Å²) in [5.74, 6) is 0.157. The summed E-state index contributed by atoms with van der Waals surface area (Å²) in [6.07, 6.45) is 1.25. The van der Waals surface area contributed by atoms with Crippen LogP contribution >= 0.6 is 0 Å². The molecule has 3 rings (SSSR count). The van der Waals surface area contributed by atoms with Crippen LogP contribution in [0.2, 0.25) is 0 Å². The van der Waals surface area contributed by atoms with Gasteiger partial charge in [0.1, 0.15) is 11.6 Å². The van der Waals surface area contributed by atoms with Crippen LogP contribution in [0.1, 0.15) is 31.4 Å². The smallest absolute Gasteiger partial charge is 0.260 e. The quantitative estimate of drug-likeness (QED) is 0.831. The van der Waals surface area contributed by atoms with Crippen molar-refractivity contribution in [3.8, 4) is 5.75 Å². The van der Waals surface area contributed by atoms with Crippen LogP contribution in [0.25, 0.3) is 0 Å². The van der Waals surface area contributed by atoms with Crippen molar-refractivity contribution in [1.29, 1.82) is 0 Å². The number of nitrogens with one attached hydrogen (secondary N) is 1. The number of hydrogen-bond acceptors (Lipinski definition) is 3. The van der Waals surface area contributed by atoms with E-state index in [9.17, 15) is 14.0 Å². The first-order valence-electron chi connectivity index (χ1n) is 9.54. The van der Waals surface area contributed by atoms with E-state index in [0.29, 0.717) is 31.7 Å². The van der Waals surface area contributed by atoms with E-state index in [1.807, 2.05) is 37.3 Å². The predicted octanol–water partition coefficient (Wildman–Crippen LogP) is 3.32. The normalized spacial score (nSPS) is 15.7. The van der Waals surface area contributed by atoms with Gasteiger partial charge in [0.2, 0.25) is 5.91 Å². The maximum Gasteiger partial charge on any atom is 0.260 e. The Morgan fingerprint density at radius 2 is 1.75 bits per heavy atom. The maximum atomic E-state index is 13.0. The standard InChI is InChI=1S/C22H25FN2O3/c1-16(17-7-9-19(23)10-8-17)24-22(27)18-11-13-25(14-12-18)21(26)15-28-20-5-3-2-4-6-20/h2-10,16,18H,11-15H2,1H3,(H,24,27)/t16-/m0/s1. The third-order valence-electron chi connectivity index (χ3n) is 5.05. The zero-order valence-electron chi connectivity index (χ0n) is 15.9. The van der Waals surface area contributed by atoms with Crippen LogP contribution in [0.4, 0.5) is 4.39 Å². The number of nitrogens with zero attached hydrogens (tertiary/aromatic N) is 1. The molecule has 2 aromatic carbocycles. The lowest BCUT2D eigenvalue weighted by molar-refractivity contribution is -0.137. The zero-order valence-corrected chi connectivity index (χ0v) is 15.9. The number of ether oxygens (including phenoxy) is 1. The number of carbonyl (C=O) groups is 2. The Morgan fingerprint density at radius 3 is 2.39 bits per heavy atom. The molecule has 1 aliphatic rings. The number of piperidine rings is 1. The molecular weight excluding hydrogens is 359 g/mol. The second-order valence-corrected chi connectivity index (χ2v) is 7.04. The monoisotopic (exact) mass is 384 g/mol. The minimum absolute atomic E-state index is 0.00246. The lowest BCUT2D eigenvalue weighted by atomic mass is 9.95. The van der Waals surface area contributed by atoms with Gasteiger partial charge in [-0.3, -0.25) is 9.59 Å². The summed E-state index contributed by atoms with van der Waals surface area (Å²) >= 11 is 0. The fraction of sp³-hybridized carbons (Fsp3) is 0.364. The molecule has 1 atom stereocenters. The van der Waals surface area contributed by atoms with Crippen LogP contribution in [0, 0.1) is 11.7 Å². The van der Waals surface area contributed by atoms with Gasteiger partial charge in [-0.15, -0.1) is 0 Å². The van der Waals surface area contributed by atoms with Gasteiger partial charge in [0.15, 0.2) is 6.61 Å². The zero-order chi connectivity index (χ0) is 19.9. The first-order chi connectivity index (χ1) is 13.5. The summed E-state index contributed by atoms with van der Waals surface area (Å²) in [7, 11) is 0. The molecule has 0 aliphatic carbocycles. The van der Waals surface area contributed by atoms with Crippen molar-refractivity contribution >= 4 is 11.8 Å². The fourth-order valence-electron chi connectivity index (χ4n) is 3.31. The summed E-state index contributed by atoms with van der Waals surface area (Å²) in [5.41, 5.74) is 0.862. The van der Waals surface area contributed by atoms with Crippen LogP contribution in [-0.2, 0) is 9.59 Å². The number of benzene rings is 2. The maximum absolute atomic E-state index is 13.0. The predicted molar refractivity (Wildman–Crippen MR) is 104 cm³/mol. The molecular formula is C22H25FN2O3. The highest BCUT2D eigenvalue weighted by Gasteiger charge is 2.28. The molecule has 0 saturated carbocycles. The van der Waals surface area contributed by atoms with Gasteiger partial charge in [-0.1, -0.05) is 30.3 Å². The molecule has 1 aliphatic heterocycles. The average molecular weight is 384 g/mol. The molecule has 1 heterocycles. The summed E-state index contributed by atoms with van der Waals surface area (Å²) in [4.78, 5) is 26.6. The summed E-state index contributed by atoms with van der Waals surface area (Å²) < 4.78 is 18.5. The molecule has 0 radical (unpaired) electrons. The van der Waals surface area contributed by atoms with Gasteiger partial charge in [0, 0.05) is 19.0 Å². The fourth-order valence-corrected chi connectivity index (χ4v) is 3.31. The van der Waals surface area contributed by atoms with Crippen LogP contribution in [0.5, 0.6) is 5.75 Å². The van der Waals surface area contributed by atoms with Crippen molar-refractivity contribution in [3.05, 3.63) is 66.0 Å². The van der Waals surface area contributed by atoms with Crippen LogP contribution in [0.15, 0.2) is 54.6 Å². The highest BCUT2D eigenvalue weighted by atomic mass is 19.1. The Labute approximate surface area is 164 Å². The third kappa shape index (κ3) is 5.31. The Kier molecular flexibility index (Phi) is 6.63. The van der Waals surface area contributed by atoms with Gasteiger partial charge in [0.05, 0.1) is 6.04 Å². The summed E-state index contributed by atoms with van der Waals surface area (Å²) in [6.45, 7) is 2.97. The van der Waals surface area contributed by atoms with E-state index in [1.165, 1.54) is 12.1 Å². The van der Waals surface area contributed by atoms with Crippen molar-refractivity contribution in [2.75, 3.05) is 19.7 Å². The molecule has 28 heavy (non-hydrogen) atoms. The highest BCUT2D eigenvalue weighted by Crippen LogP contribution is 2.20. The Balaban J connectivity index is 1.43. The van der Waals surface area contributed by atoms with Crippen molar-refractivity contribution in [2.45, 2.75) is 25.8 Å². The van der Waals surface area contributed by atoms with Crippen molar-refractivity contribution in [3.63, 3.8) is 0 Å². The molecule has 148 valence electrons. The lowest BCUT2D eigenvalue weighted by Crippen LogP contribution is -2.44. The number of amides is 2. The number of carbonyl (C=O) groups excluding carboxylic acids is 2. The number of likely N-dealkylation sites (tertiary alicyclic amines) is 1. The Morgan fingerprint density at radius 1 is 1.11 bits per heavy atom.